The van der Waals surface area contributed by atoms with Crippen LogP contribution in [0.15, 0.2) is 22.7 Å². The molecule has 1 aromatic rings. The van der Waals surface area contributed by atoms with Crippen molar-refractivity contribution in [3.05, 3.63) is 34.1 Å². The summed E-state index contributed by atoms with van der Waals surface area (Å²) in [7, 11) is 0. The maximum atomic E-state index is 13.5. The molecule has 5 heteroatoms. The Labute approximate surface area is 115 Å². The van der Waals surface area contributed by atoms with E-state index in [9.17, 15) is 14.3 Å². The Morgan fingerprint density at radius 2 is 2.17 bits per heavy atom. The molecule has 0 unspecified atom stereocenters. The fourth-order valence-electron chi connectivity index (χ4n) is 1.47. The molecule has 0 aliphatic heterocycles. The number of hydrogen-bond donors (Lipinski definition) is 2. The molecule has 0 spiro atoms. The Balaban J connectivity index is 2.56. The van der Waals surface area contributed by atoms with Crippen molar-refractivity contribution in [2.24, 2.45) is 5.92 Å². The number of rotatable bonds is 5. The zero-order valence-electron chi connectivity index (χ0n) is 10.4. The summed E-state index contributed by atoms with van der Waals surface area (Å²) in [5, 5.41) is 12.2. The molecular formula is C13H17BrFNO2. The summed E-state index contributed by atoms with van der Waals surface area (Å²) < 4.78 is 13.9. The minimum atomic E-state index is -0.564. The Bertz CT molecular complexity index is 403. The summed E-state index contributed by atoms with van der Waals surface area (Å²) in [5.74, 6) is -0.899. The average Bonchev–Trinajstić information content (AvgIpc) is 2.28. The van der Waals surface area contributed by atoms with Crippen molar-refractivity contribution < 1.29 is 14.3 Å². The molecule has 0 aliphatic carbocycles. The van der Waals surface area contributed by atoms with Crippen LogP contribution >= 0.6 is 15.9 Å². The van der Waals surface area contributed by atoms with E-state index in [4.69, 9.17) is 0 Å². The van der Waals surface area contributed by atoms with Gasteiger partial charge in [0.2, 0.25) is 0 Å². The second kappa shape index (κ2) is 6.85. The maximum absolute atomic E-state index is 13.5. The van der Waals surface area contributed by atoms with Gasteiger partial charge in [0, 0.05) is 11.0 Å². The minimum absolute atomic E-state index is 0.00321. The van der Waals surface area contributed by atoms with Crippen LogP contribution in [0, 0.1) is 11.7 Å². The Hall–Kier alpha value is -0.940. The third-order valence-electron chi connectivity index (χ3n) is 2.69. The maximum Gasteiger partial charge on any atom is 0.255 e. The molecule has 0 radical (unpaired) electrons. The van der Waals surface area contributed by atoms with E-state index in [1.165, 1.54) is 12.1 Å². The number of amides is 1. The summed E-state index contributed by atoms with van der Waals surface area (Å²) in [5.41, 5.74) is -0.00321. The highest BCUT2D eigenvalue weighted by Gasteiger charge is 2.15. The van der Waals surface area contributed by atoms with Crippen LogP contribution in [-0.2, 0) is 0 Å². The second-order valence-corrected chi connectivity index (χ2v) is 5.31. The van der Waals surface area contributed by atoms with Gasteiger partial charge in [-0.1, -0.05) is 19.9 Å². The van der Waals surface area contributed by atoms with E-state index in [0.717, 1.165) is 0 Å². The summed E-state index contributed by atoms with van der Waals surface area (Å²) >= 11 is 3.14. The summed E-state index contributed by atoms with van der Waals surface area (Å²) in [4.78, 5) is 11.8. The molecule has 0 heterocycles. The first kappa shape index (κ1) is 15.1. The zero-order valence-corrected chi connectivity index (χ0v) is 12.0. The molecular weight excluding hydrogens is 301 g/mol. The normalized spacial score (nSPS) is 12.6. The fourth-order valence-corrected chi connectivity index (χ4v) is 1.99. The number of nitrogens with one attached hydrogen (secondary N) is 1. The topological polar surface area (TPSA) is 49.3 Å². The molecule has 1 atom stereocenters. The largest absolute Gasteiger partial charge is 0.393 e. The molecule has 0 aliphatic rings. The molecule has 0 bridgehead atoms. The number of benzene rings is 1. The highest BCUT2D eigenvalue weighted by molar-refractivity contribution is 9.10. The molecule has 0 saturated carbocycles. The minimum Gasteiger partial charge on any atom is -0.393 e. The highest BCUT2D eigenvalue weighted by atomic mass is 79.9. The van der Waals surface area contributed by atoms with E-state index in [0.29, 0.717) is 17.4 Å². The molecule has 100 valence electrons. The van der Waals surface area contributed by atoms with Gasteiger partial charge in [0.05, 0.1) is 11.7 Å². The van der Waals surface area contributed by atoms with Gasteiger partial charge < -0.3 is 10.4 Å². The Morgan fingerprint density at radius 3 is 2.72 bits per heavy atom. The second-order valence-electron chi connectivity index (χ2n) is 4.45. The third-order valence-corrected chi connectivity index (χ3v) is 3.35. The van der Waals surface area contributed by atoms with Crippen molar-refractivity contribution in [1.29, 1.82) is 0 Å². The van der Waals surface area contributed by atoms with Gasteiger partial charge in [-0.15, -0.1) is 0 Å². The van der Waals surface area contributed by atoms with E-state index in [1.807, 2.05) is 13.8 Å². The van der Waals surface area contributed by atoms with E-state index in [-0.39, 0.29) is 11.5 Å². The fraction of sp³-hybridized carbons (Fsp3) is 0.462. The van der Waals surface area contributed by atoms with Crippen molar-refractivity contribution in [1.82, 2.24) is 5.32 Å². The zero-order chi connectivity index (χ0) is 13.7. The number of aliphatic hydroxyl groups is 1. The average molecular weight is 318 g/mol. The van der Waals surface area contributed by atoms with E-state index in [1.54, 1.807) is 6.07 Å². The first-order valence-corrected chi connectivity index (χ1v) is 6.63. The van der Waals surface area contributed by atoms with Crippen molar-refractivity contribution >= 4 is 21.8 Å². The predicted molar refractivity (Wildman–Crippen MR) is 71.9 cm³/mol. The summed E-state index contributed by atoms with van der Waals surface area (Å²) in [6.45, 7) is 4.12. The summed E-state index contributed by atoms with van der Waals surface area (Å²) in [6.07, 6.45) is -0.00971. The first-order valence-electron chi connectivity index (χ1n) is 5.83. The van der Waals surface area contributed by atoms with Crippen molar-refractivity contribution in [3.8, 4) is 0 Å². The van der Waals surface area contributed by atoms with Crippen LogP contribution in [0.4, 0.5) is 4.39 Å². The molecule has 1 rings (SSSR count). The Morgan fingerprint density at radius 1 is 1.50 bits per heavy atom. The lowest BCUT2D eigenvalue weighted by molar-refractivity contribution is 0.0916. The van der Waals surface area contributed by atoms with Gasteiger partial charge in [-0.05, 0) is 40.4 Å². The number of halogens is 2. The van der Waals surface area contributed by atoms with Gasteiger partial charge in [-0.25, -0.2) is 4.39 Å². The molecule has 0 saturated heterocycles. The van der Waals surface area contributed by atoms with Crippen LogP contribution in [0.2, 0.25) is 0 Å². The third kappa shape index (κ3) is 4.07. The number of carbonyl (C=O) groups excluding carboxylic acids is 1. The smallest absolute Gasteiger partial charge is 0.255 e. The highest BCUT2D eigenvalue weighted by Crippen LogP contribution is 2.19. The molecule has 0 fully saturated rings. The lowest BCUT2D eigenvalue weighted by atomic mass is 10.0. The molecule has 3 nitrogen and oxygen atoms in total. The molecule has 1 aromatic carbocycles. The molecule has 18 heavy (non-hydrogen) atoms. The van der Waals surface area contributed by atoms with Crippen LogP contribution < -0.4 is 5.32 Å². The van der Waals surface area contributed by atoms with Crippen LogP contribution in [-0.4, -0.2) is 23.7 Å². The number of hydrogen-bond acceptors (Lipinski definition) is 2. The Kier molecular flexibility index (Phi) is 5.75. The molecule has 0 aromatic heterocycles. The predicted octanol–water partition coefficient (Wildman–Crippen LogP) is 2.73. The van der Waals surface area contributed by atoms with Crippen LogP contribution in [0.25, 0.3) is 0 Å². The monoisotopic (exact) mass is 317 g/mol. The quantitative estimate of drug-likeness (QED) is 0.877. The standard InChI is InChI=1S/C13H17BrFNO2/c1-8(2)11(17)6-7-16-13(18)12-9(14)4-3-5-10(12)15/h3-5,8,11,17H,6-7H2,1-2H3,(H,16,18)/t11-/m1/s1. The van der Waals surface area contributed by atoms with Crippen LogP contribution in [0.3, 0.4) is 0 Å². The lowest BCUT2D eigenvalue weighted by Crippen LogP contribution is -2.29. The summed E-state index contributed by atoms with van der Waals surface area (Å²) in [6, 6.07) is 4.38. The number of aliphatic hydroxyl groups excluding tert-OH is 1. The van der Waals surface area contributed by atoms with Gasteiger partial charge >= 0.3 is 0 Å². The SMILES string of the molecule is CC(C)[C@H](O)CCNC(=O)c1c(F)cccc1Br. The number of carbonyl (C=O) groups is 1. The van der Waals surface area contributed by atoms with Crippen molar-refractivity contribution in [2.45, 2.75) is 26.4 Å². The van der Waals surface area contributed by atoms with Gasteiger partial charge in [-0.3, -0.25) is 4.79 Å². The van der Waals surface area contributed by atoms with E-state index >= 15 is 0 Å². The van der Waals surface area contributed by atoms with Gasteiger partial charge in [0.25, 0.3) is 5.91 Å². The molecule has 2 N–H and O–H groups in total. The van der Waals surface area contributed by atoms with Crippen molar-refractivity contribution in [2.75, 3.05) is 6.54 Å². The molecule has 1 amide bonds. The van der Waals surface area contributed by atoms with Crippen LogP contribution in [0.1, 0.15) is 30.6 Å². The van der Waals surface area contributed by atoms with Crippen molar-refractivity contribution in [3.63, 3.8) is 0 Å². The van der Waals surface area contributed by atoms with Gasteiger partial charge in [0.1, 0.15) is 5.82 Å². The van der Waals surface area contributed by atoms with E-state index < -0.39 is 17.8 Å². The van der Waals surface area contributed by atoms with Gasteiger partial charge in [0.15, 0.2) is 0 Å². The van der Waals surface area contributed by atoms with Gasteiger partial charge in [-0.2, -0.15) is 0 Å². The van der Waals surface area contributed by atoms with Crippen LogP contribution in [0.5, 0.6) is 0 Å². The first-order chi connectivity index (χ1) is 8.43. The van der Waals surface area contributed by atoms with E-state index in [2.05, 4.69) is 21.2 Å². The lowest BCUT2D eigenvalue weighted by Gasteiger charge is -2.14.